The second-order valence-corrected chi connectivity index (χ2v) is 7.53. The maximum atomic E-state index is 13.7. The van der Waals surface area contributed by atoms with Crippen LogP contribution in [0, 0.1) is 0 Å². The third-order valence-corrected chi connectivity index (χ3v) is 5.15. The summed E-state index contributed by atoms with van der Waals surface area (Å²) in [5.74, 6) is -0.211. The summed E-state index contributed by atoms with van der Waals surface area (Å²) in [7, 11) is 0. The van der Waals surface area contributed by atoms with Gasteiger partial charge in [0.15, 0.2) is 5.82 Å². The molecule has 0 N–H and O–H groups in total. The van der Waals surface area contributed by atoms with Crippen molar-refractivity contribution in [2.75, 3.05) is 11.4 Å². The number of hydrogen-bond acceptors (Lipinski definition) is 4. The number of aryl methyl sites for hydroxylation is 1. The highest BCUT2D eigenvalue weighted by atomic mass is 19.4. The Kier molecular flexibility index (Phi) is 8.09. The van der Waals surface area contributed by atoms with Crippen molar-refractivity contribution in [3.05, 3.63) is 77.5 Å². The minimum Gasteiger partial charge on any atom is -0.459 e. The predicted octanol–water partition coefficient (Wildman–Crippen LogP) is 6.97. The molecule has 0 unspecified atom stereocenters. The molecule has 0 aliphatic carbocycles. The van der Waals surface area contributed by atoms with Crippen LogP contribution in [0.3, 0.4) is 0 Å². The molecule has 0 spiro atoms. The molecule has 3 rings (SSSR count). The Balaban J connectivity index is 1.87. The maximum Gasteiger partial charge on any atom is 0.421 e. The van der Waals surface area contributed by atoms with Gasteiger partial charge in [-0.25, -0.2) is 4.98 Å². The second-order valence-electron chi connectivity index (χ2n) is 7.53. The molecule has 3 aromatic rings. The van der Waals surface area contributed by atoms with E-state index in [2.05, 4.69) is 16.9 Å². The molecule has 1 aromatic heterocycles. The first-order valence-corrected chi connectivity index (χ1v) is 10.9. The van der Waals surface area contributed by atoms with Gasteiger partial charge in [-0.15, -0.1) is 0 Å². The van der Waals surface area contributed by atoms with Crippen molar-refractivity contribution >= 4 is 11.5 Å². The standard InChI is InChI=1S/C25H28F3N3O/c1-3-5-7-10-19-13-15-21(16-14-19)31(4-2)23-22(25(26,27)28)17-29-24(30-23)32-18-20-11-8-6-9-12-20/h6,8-9,11-17H,3-5,7,10,18H2,1-2H3. The Bertz CT molecular complexity index is 976. The van der Waals surface area contributed by atoms with E-state index >= 15 is 0 Å². The zero-order valence-electron chi connectivity index (χ0n) is 18.4. The summed E-state index contributed by atoms with van der Waals surface area (Å²) in [5, 5.41) is 0. The van der Waals surface area contributed by atoms with Crippen LogP contribution < -0.4 is 9.64 Å². The molecule has 0 aliphatic heterocycles. The number of nitrogens with zero attached hydrogens (tertiary/aromatic N) is 3. The fourth-order valence-corrected chi connectivity index (χ4v) is 3.43. The summed E-state index contributed by atoms with van der Waals surface area (Å²) in [5.41, 5.74) is 1.80. The fourth-order valence-electron chi connectivity index (χ4n) is 3.43. The van der Waals surface area contributed by atoms with Crippen molar-refractivity contribution in [3.8, 4) is 6.01 Å². The van der Waals surface area contributed by atoms with Crippen molar-refractivity contribution < 1.29 is 17.9 Å². The summed E-state index contributed by atoms with van der Waals surface area (Å²) in [6.07, 6.45) is 0.568. The molecule has 2 aromatic carbocycles. The van der Waals surface area contributed by atoms with Crippen molar-refractivity contribution in [2.45, 2.75) is 52.3 Å². The lowest BCUT2D eigenvalue weighted by Crippen LogP contribution is -2.23. The molecule has 0 fully saturated rings. The highest BCUT2D eigenvalue weighted by Crippen LogP contribution is 2.38. The molecule has 0 aliphatic rings. The van der Waals surface area contributed by atoms with Gasteiger partial charge in [0.25, 0.3) is 0 Å². The van der Waals surface area contributed by atoms with E-state index in [9.17, 15) is 13.2 Å². The van der Waals surface area contributed by atoms with Crippen molar-refractivity contribution in [3.63, 3.8) is 0 Å². The lowest BCUT2D eigenvalue weighted by atomic mass is 10.1. The first-order chi connectivity index (χ1) is 15.4. The monoisotopic (exact) mass is 443 g/mol. The third kappa shape index (κ3) is 6.22. The lowest BCUT2D eigenvalue weighted by molar-refractivity contribution is -0.137. The molecule has 32 heavy (non-hydrogen) atoms. The highest BCUT2D eigenvalue weighted by molar-refractivity contribution is 5.63. The Labute approximate surface area is 187 Å². The van der Waals surface area contributed by atoms with Crippen LogP contribution in [0.15, 0.2) is 60.8 Å². The van der Waals surface area contributed by atoms with E-state index in [0.29, 0.717) is 12.2 Å². The molecular weight excluding hydrogens is 415 g/mol. The average Bonchev–Trinajstić information content (AvgIpc) is 2.79. The van der Waals surface area contributed by atoms with Gasteiger partial charge in [0.1, 0.15) is 12.2 Å². The van der Waals surface area contributed by atoms with Crippen LogP contribution in [-0.4, -0.2) is 16.5 Å². The Hall–Kier alpha value is -3.09. The number of benzene rings is 2. The van der Waals surface area contributed by atoms with Crippen LogP contribution in [0.1, 0.15) is 49.8 Å². The van der Waals surface area contributed by atoms with Crippen LogP contribution in [0.5, 0.6) is 6.01 Å². The molecule has 0 atom stereocenters. The fraction of sp³-hybridized carbons (Fsp3) is 0.360. The summed E-state index contributed by atoms with van der Waals surface area (Å²) in [4.78, 5) is 9.50. The number of ether oxygens (including phenoxy) is 1. The molecule has 7 heteroatoms. The number of hydrogen-bond donors (Lipinski definition) is 0. The van der Waals surface area contributed by atoms with Crippen molar-refractivity contribution in [1.82, 2.24) is 9.97 Å². The molecule has 0 saturated heterocycles. The molecule has 0 radical (unpaired) electrons. The second kappa shape index (κ2) is 11.0. The first-order valence-electron chi connectivity index (χ1n) is 10.9. The Morgan fingerprint density at radius 2 is 1.62 bits per heavy atom. The van der Waals surface area contributed by atoms with Gasteiger partial charge in [0, 0.05) is 18.4 Å². The van der Waals surface area contributed by atoms with E-state index < -0.39 is 11.7 Å². The van der Waals surface area contributed by atoms with Crippen LogP contribution in [0.4, 0.5) is 24.7 Å². The van der Waals surface area contributed by atoms with Gasteiger partial charge in [-0.3, -0.25) is 0 Å². The minimum atomic E-state index is -4.58. The van der Waals surface area contributed by atoms with E-state index in [-0.39, 0.29) is 18.4 Å². The normalized spacial score (nSPS) is 11.4. The summed E-state index contributed by atoms with van der Waals surface area (Å²) < 4.78 is 46.8. The van der Waals surface area contributed by atoms with Crippen LogP contribution in [0.25, 0.3) is 0 Å². The topological polar surface area (TPSA) is 38.2 Å². The van der Waals surface area contributed by atoms with Crippen molar-refractivity contribution in [1.29, 1.82) is 0 Å². The third-order valence-electron chi connectivity index (χ3n) is 5.15. The van der Waals surface area contributed by atoms with Crippen molar-refractivity contribution in [2.24, 2.45) is 0 Å². The largest absolute Gasteiger partial charge is 0.459 e. The zero-order chi connectivity index (χ0) is 23.0. The van der Waals surface area contributed by atoms with Gasteiger partial charge < -0.3 is 9.64 Å². The van der Waals surface area contributed by atoms with E-state index in [1.807, 2.05) is 54.6 Å². The van der Waals surface area contributed by atoms with Crippen LogP contribution >= 0.6 is 0 Å². The molecule has 4 nitrogen and oxygen atoms in total. The van der Waals surface area contributed by atoms with E-state index in [4.69, 9.17) is 4.74 Å². The quantitative estimate of drug-likeness (QED) is 0.317. The van der Waals surface area contributed by atoms with Gasteiger partial charge in [0.05, 0.1) is 0 Å². The molecule has 0 saturated carbocycles. The van der Waals surface area contributed by atoms with Gasteiger partial charge in [-0.1, -0.05) is 62.2 Å². The molecule has 1 heterocycles. The number of alkyl halides is 3. The van der Waals surface area contributed by atoms with Gasteiger partial charge in [-0.2, -0.15) is 18.2 Å². The van der Waals surface area contributed by atoms with Crippen LogP contribution in [-0.2, 0) is 19.2 Å². The molecular formula is C25H28F3N3O. The van der Waals surface area contributed by atoms with E-state index in [0.717, 1.165) is 37.4 Å². The average molecular weight is 444 g/mol. The predicted molar refractivity (Wildman–Crippen MR) is 120 cm³/mol. The minimum absolute atomic E-state index is 0.0912. The summed E-state index contributed by atoms with van der Waals surface area (Å²) >= 11 is 0. The van der Waals surface area contributed by atoms with Gasteiger partial charge >= 0.3 is 12.2 Å². The molecule has 170 valence electrons. The SMILES string of the molecule is CCCCCc1ccc(N(CC)c2nc(OCc3ccccc3)ncc2C(F)(F)F)cc1. The molecule has 0 bridgehead atoms. The van der Waals surface area contributed by atoms with E-state index in [1.54, 1.807) is 6.92 Å². The number of halogens is 3. The number of unbranched alkanes of at least 4 members (excludes halogenated alkanes) is 2. The summed E-state index contributed by atoms with van der Waals surface area (Å²) in [6, 6.07) is 16.9. The number of rotatable bonds is 10. The first kappa shape index (κ1) is 23.6. The Morgan fingerprint density at radius 1 is 0.906 bits per heavy atom. The maximum absolute atomic E-state index is 13.7. The summed E-state index contributed by atoms with van der Waals surface area (Å²) in [6.45, 7) is 4.43. The molecule has 0 amide bonds. The Morgan fingerprint density at radius 3 is 2.25 bits per heavy atom. The highest BCUT2D eigenvalue weighted by Gasteiger charge is 2.37. The van der Waals surface area contributed by atoms with Gasteiger partial charge in [-0.05, 0) is 43.0 Å². The number of aromatic nitrogens is 2. The van der Waals surface area contributed by atoms with E-state index in [1.165, 1.54) is 10.5 Å². The zero-order valence-corrected chi connectivity index (χ0v) is 18.4. The smallest absolute Gasteiger partial charge is 0.421 e. The lowest BCUT2D eigenvalue weighted by Gasteiger charge is -2.25. The van der Waals surface area contributed by atoms with Crippen LogP contribution in [0.2, 0.25) is 0 Å². The number of anilines is 2. The van der Waals surface area contributed by atoms with Gasteiger partial charge in [0.2, 0.25) is 0 Å².